The van der Waals surface area contributed by atoms with Crippen LogP contribution in [-0.4, -0.2) is 56.6 Å². The van der Waals surface area contributed by atoms with Crippen molar-refractivity contribution in [3.63, 3.8) is 0 Å². The first-order valence-electron chi connectivity index (χ1n) is 10.5. The number of aliphatic hydroxyl groups is 2. The summed E-state index contributed by atoms with van der Waals surface area (Å²) in [5.74, 6) is -0.0264. The number of carboxylic acid groups (broad SMARTS) is 1. The molecule has 29 heavy (non-hydrogen) atoms. The molecule has 0 radical (unpaired) electrons. The summed E-state index contributed by atoms with van der Waals surface area (Å²) >= 11 is 1.38. The summed E-state index contributed by atoms with van der Waals surface area (Å²) in [6, 6.07) is -1.61. The Hall–Kier alpha value is -1.71. The molecule has 2 aliphatic rings. The summed E-state index contributed by atoms with van der Waals surface area (Å²) in [5, 5.41) is 37.2. The molecular weight excluding hydrogens is 394 g/mol. The zero-order valence-corrected chi connectivity index (χ0v) is 17.3. The van der Waals surface area contributed by atoms with Gasteiger partial charge in [-0.15, -0.1) is 11.3 Å². The van der Waals surface area contributed by atoms with Gasteiger partial charge < -0.3 is 26.0 Å². The van der Waals surface area contributed by atoms with Gasteiger partial charge in [0, 0.05) is 11.8 Å². The van der Waals surface area contributed by atoms with Crippen molar-refractivity contribution in [2.75, 3.05) is 0 Å². The highest BCUT2D eigenvalue weighted by molar-refractivity contribution is 7.07. The van der Waals surface area contributed by atoms with Gasteiger partial charge in [0.15, 0.2) is 0 Å². The van der Waals surface area contributed by atoms with Gasteiger partial charge in [-0.05, 0) is 31.1 Å². The lowest BCUT2D eigenvalue weighted by Gasteiger charge is -2.33. The summed E-state index contributed by atoms with van der Waals surface area (Å²) in [6.07, 6.45) is 4.87. The van der Waals surface area contributed by atoms with Gasteiger partial charge in [-0.2, -0.15) is 0 Å². The molecule has 0 aromatic carbocycles. The van der Waals surface area contributed by atoms with Crippen LogP contribution in [0.1, 0.15) is 57.1 Å². The van der Waals surface area contributed by atoms with Crippen molar-refractivity contribution in [3.05, 3.63) is 16.6 Å². The summed E-state index contributed by atoms with van der Waals surface area (Å²) < 4.78 is 0. The van der Waals surface area contributed by atoms with Crippen LogP contribution in [-0.2, 0) is 11.2 Å². The molecule has 1 heterocycles. The highest BCUT2D eigenvalue weighted by atomic mass is 32.1. The lowest BCUT2D eigenvalue weighted by Crippen LogP contribution is -2.56. The molecule has 4 atom stereocenters. The highest BCUT2D eigenvalue weighted by Gasteiger charge is 2.40. The third kappa shape index (κ3) is 6.65. The minimum Gasteiger partial charge on any atom is -0.465 e. The van der Waals surface area contributed by atoms with Crippen molar-refractivity contribution in [3.8, 4) is 0 Å². The molecule has 3 rings (SSSR count). The molecule has 0 saturated heterocycles. The van der Waals surface area contributed by atoms with E-state index in [1.165, 1.54) is 17.8 Å². The molecule has 2 aliphatic carbocycles. The molecule has 2 fully saturated rings. The number of thiazole rings is 1. The van der Waals surface area contributed by atoms with Gasteiger partial charge in [0.2, 0.25) is 5.91 Å². The Morgan fingerprint density at radius 2 is 1.86 bits per heavy atom. The standard InChI is InChI=1S/C20H31N3O5S/c24-17(13-6-7-13)18(25)15(8-12-4-2-1-3-5-12)22-19(26)16(23-20(27)28)9-14-10-29-11-21-14/h10-13,15-18,23-25H,1-9H2,(H,22,26)(H,27,28)/t15-,16?,17-,18+/m0/s1. The minimum atomic E-state index is -1.29. The molecule has 1 aromatic rings. The number of hydrogen-bond acceptors (Lipinski definition) is 6. The smallest absolute Gasteiger partial charge is 0.405 e. The van der Waals surface area contributed by atoms with Crippen molar-refractivity contribution in [2.24, 2.45) is 11.8 Å². The number of nitrogens with one attached hydrogen (secondary N) is 2. The lowest BCUT2D eigenvalue weighted by molar-refractivity contribution is -0.125. The average molecular weight is 426 g/mol. The Kier molecular flexibility index (Phi) is 7.85. The first kappa shape index (κ1) is 22.0. The van der Waals surface area contributed by atoms with E-state index in [0.717, 1.165) is 38.5 Å². The van der Waals surface area contributed by atoms with Crippen molar-refractivity contribution >= 4 is 23.3 Å². The number of aromatic nitrogens is 1. The van der Waals surface area contributed by atoms with E-state index in [9.17, 15) is 19.8 Å². The average Bonchev–Trinajstić information content (AvgIpc) is 3.43. The summed E-state index contributed by atoms with van der Waals surface area (Å²) in [4.78, 5) is 28.2. The second kappa shape index (κ2) is 10.4. The van der Waals surface area contributed by atoms with Crippen LogP contribution in [0.15, 0.2) is 10.9 Å². The zero-order valence-electron chi connectivity index (χ0n) is 16.5. The van der Waals surface area contributed by atoms with E-state index in [0.29, 0.717) is 18.0 Å². The third-order valence-electron chi connectivity index (χ3n) is 6.02. The number of aliphatic hydroxyl groups excluding tert-OH is 2. The van der Waals surface area contributed by atoms with Crippen LogP contribution in [0.25, 0.3) is 0 Å². The maximum Gasteiger partial charge on any atom is 0.405 e. The molecule has 0 spiro atoms. The zero-order chi connectivity index (χ0) is 20.8. The number of carbonyl (C=O) groups excluding carboxylic acids is 1. The SMILES string of the molecule is O=C(O)NC(Cc1cscn1)C(=O)N[C@@H](CC1CCCCC1)[C@@H](O)[C@@H](O)C1CC1. The normalized spacial score (nSPS) is 21.7. The van der Waals surface area contributed by atoms with Crippen molar-refractivity contribution in [1.82, 2.24) is 15.6 Å². The molecule has 1 aromatic heterocycles. The lowest BCUT2D eigenvalue weighted by atomic mass is 9.82. The van der Waals surface area contributed by atoms with E-state index in [1.54, 1.807) is 10.9 Å². The fraction of sp³-hybridized carbons (Fsp3) is 0.750. The number of carbonyl (C=O) groups is 2. The number of rotatable bonds is 10. The Balaban J connectivity index is 1.68. The van der Waals surface area contributed by atoms with Gasteiger partial charge in [0.25, 0.3) is 0 Å². The minimum absolute atomic E-state index is 0.0821. The van der Waals surface area contributed by atoms with Gasteiger partial charge in [0.05, 0.1) is 23.4 Å². The molecule has 0 bridgehead atoms. The second-order valence-corrected chi connectivity index (χ2v) is 9.08. The van der Waals surface area contributed by atoms with Gasteiger partial charge in [-0.3, -0.25) is 4.79 Å². The first-order valence-corrected chi connectivity index (χ1v) is 11.4. The molecule has 162 valence electrons. The number of amides is 2. The van der Waals surface area contributed by atoms with Crippen LogP contribution in [0.3, 0.4) is 0 Å². The van der Waals surface area contributed by atoms with Crippen LogP contribution < -0.4 is 10.6 Å². The Morgan fingerprint density at radius 1 is 1.14 bits per heavy atom. The van der Waals surface area contributed by atoms with Crippen LogP contribution in [0.5, 0.6) is 0 Å². The van der Waals surface area contributed by atoms with Gasteiger partial charge in [-0.25, -0.2) is 9.78 Å². The summed E-state index contributed by atoms with van der Waals surface area (Å²) in [6.45, 7) is 0. The second-order valence-electron chi connectivity index (χ2n) is 8.36. The predicted molar refractivity (Wildman–Crippen MR) is 109 cm³/mol. The van der Waals surface area contributed by atoms with Crippen LogP contribution in [0, 0.1) is 11.8 Å². The fourth-order valence-electron chi connectivity index (χ4n) is 4.21. The van der Waals surface area contributed by atoms with Crippen molar-refractivity contribution < 1.29 is 24.9 Å². The molecule has 0 aliphatic heterocycles. The molecule has 8 nitrogen and oxygen atoms in total. The topological polar surface area (TPSA) is 132 Å². The molecule has 5 N–H and O–H groups in total. The highest BCUT2D eigenvalue weighted by Crippen LogP contribution is 2.36. The monoisotopic (exact) mass is 425 g/mol. The Bertz CT molecular complexity index is 661. The van der Waals surface area contributed by atoms with E-state index >= 15 is 0 Å². The van der Waals surface area contributed by atoms with Gasteiger partial charge >= 0.3 is 6.09 Å². The van der Waals surface area contributed by atoms with Crippen LogP contribution in [0.4, 0.5) is 4.79 Å². The van der Waals surface area contributed by atoms with Crippen molar-refractivity contribution in [2.45, 2.75) is 82.1 Å². The largest absolute Gasteiger partial charge is 0.465 e. The summed E-state index contributed by atoms with van der Waals surface area (Å²) in [7, 11) is 0. The Labute approximate surface area is 174 Å². The maximum absolute atomic E-state index is 12.9. The van der Waals surface area contributed by atoms with Gasteiger partial charge in [-0.1, -0.05) is 32.1 Å². The van der Waals surface area contributed by atoms with E-state index < -0.39 is 36.3 Å². The van der Waals surface area contributed by atoms with Crippen LogP contribution >= 0.6 is 11.3 Å². The third-order valence-corrected chi connectivity index (χ3v) is 6.65. The molecule has 2 saturated carbocycles. The molecule has 9 heteroatoms. The summed E-state index contributed by atoms with van der Waals surface area (Å²) in [5.41, 5.74) is 2.26. The molecule has 2 amide bonds. The maximum atomic E-state index is 12.9. The van der Waals surface area contributed by atoms with E-state index in [2.05, 4.69) is 15.6 Å². The molecule has 1 unspecified atom stereocenters. The number of hydrogen-bond donors (Lipinski definition) is 5. The first-order chi connectivity index (χ1) is 13.9. The van der Waals surface area contributed by atoms with E-state index in [4.69, 9.17) is 5.11 Å². The molecular formula is C20H31N3O5S. The quantitative estimate of drug-likeness (QED) is 0.389. The fourth-order valence-corrected chi connectivity index (χ4v) is 4.78. The van der Waals surface area contributed by atoms with Gasteiger partial charge in [0.1, 0.15) is 12.1 Å². The van der Waals surface area contributed by atoms with Crippen molar-refractivity contribution in [1.29, 1.82) is 0 Å². The van der Waals surface area contributed by atoms with E-state index in [1.807, 2.05) is 0 Å². The number of nitrogens with zero attached hydrogens (tertiary/aromatic N) is 1. The van der Waals surface area contributed by atoms with Crippen LogP contribution in [0.2, 0.25) is 0 Å². The Morgan fingerprint density at radius 3 is 2.45 bits per heavy atom. The van der Waals surface area contributed by atoms with E-state index in [-0.39, 0.29) is 12.3 Å². The predicted octanol–water partition coefficient (Wildman–Crippen LogP) is 1.91.